The van der Waals surface area contributed by atoms with Crippen LogP contribution in [0.15, 0.2) is 72.8 Å². The van der Waals surface area contributed by atoms with E-state index in [4.69, 9.17) is 4.74 Å². The van der Waals surface area contributed by atoms with Crippen molar-refractivity contribution >= 4 is 23.5 Å². The van der Waals surface area contributed by atoms with Crippen LogP contribution in [0.4, 0.5) is 5.69 Å². The van der Waals surface area contributed by atoms with E-state index in [9.17, 15) is 19.5 Å². The molecule has 0 aliphatic rings. The predicted octanol–water partition coefficient (Wildman–Crippen LogP) is 3.71. The van der Waals surface area contributed by atoms with Gasteiger partial charge in [0.05, 0.1) is 11.1 Å². The van der Waals surface area contributed by atoms with Crippen molar-refractivity contribution in [2.24, 2.45) is 0 Å². The Morgan fingerprint density at radius 1 is 0.867 bits per heavy atom. The maximum absolute atomic E-state index is 12.5. The second-order valence-corrected chi connectivity index (χ2v) is 6.45. The standard InChI is InChI=1S/C23H20N2O5/c1-15-7-2-5-12-20(15)30-14-24-21(26)16-8-6-9-17(13-16)25-22(27)18-10-3-4-11-19(18)23(28)29/h2-13H,14H2,1H3,(H,24,26)(H,25,27)(H,28,29). The van der Waals surface area contributed by atoms with Gasteiger partial charge in [-0.2, -0.15) is 0 Å². The molecular weight excluding hydrogens is 384 g/mol. The molecular formula is C23H20N2O5. The lowest BCUT2D eigenvalue weighted by Crippen LogP contribution is -2.28. The van der Waals surface area contributed by atoms with E-state index in [1.165, 1.54) is 18.2 Å². The Bertz CT molecular complexity index is 1090. The van der Waals surface area contributed by atoms with Crippen LogP contribution in [0.5, 0.6) is 5.75 Å². The number of benzene rings is 3. The van der Waals surface area contributed by atoms with E-state index in [-0.39, 0.29) is 23.8 Å². The van der Waals surface area contributed by atoms with Gasteiger partial charge in [-0.3, -0.25) is 9.59 Å². The van der Waals surface area contributed by atoms with E-state index in [0.29, 0.717) is 17.0 Å². The molecule has 7 nitrogen and oxygen atoms in total. The van der Waals surface area contributed by atoms with Crippen LogP contribution < -0.4 is 15.4 Å². The van der Waals surface area contributed by atoms with Crippen molar-refractivity contribution in [2.45, 2.75) is 6.92 Å². The number of hydrogen-bond acceptors (Lipinski definition) is 4. The summed E-state index contributed by atoms with van der Waals surface area (Å²) < 4.78 is 5.56. The fourth-order valence-corrected chi connectivity index (χ4v) is 2.80. The number of carboxylic acid groups (broad SMARTS) is 1. The molecule has 0 bridgehead atoms. The zero-order valence-electron chi connectivity index (χ0n) is 16.2. The first kappa shape index (κ1) is 20.6. The second-order valence-electron chi connectivity index (χ2n) is 6.45. The largest absolute Gasteiger partial charge is 0.478 e. The zero-order valence-corrected chi connectivity index (χ0v) is 16.2. The Kier molecular flexibility index (Phi) is 6.44. The van der Waals surface area contributed by atoms with Crippen LogP contribution in [-0.2, 0) is 0 Å². The Morgan fingerprint density at radius 3 is 2.30 bits per heavy atom. The molecule has 0 radical (unpaired) electrons. The summed E-state index contributed by atoms with van der Waals surface area (Å²) in [5.74, 6) is -1.46. The van der Waals surface area contributed by atoms with Crippen LogP contribution in [0, 0.1) is 6.92 Å². The summed E-state index contributed by atoms with van der Waals surface area (Å²) in [6, 6.07) is 19.7. The molecule has 0 saturated carbocycles. The number of anilines is 1. The maximum Gasteiger partial charge on any atom is 0.336 e. The van der Waals surface area contributed by atoms with Gasteiger partial charge in [0.2, 0.25) is 0 Å². The molecule has 3 N–H and O–H groups in total. The van der Waals surface area contributed by atoms with Gasteiger partial charge in [0.15, 0.2) is 6.73 Å². The second kappa shape index (κ2) is 9.38. The summed E-state index contributed by atoms with van der Waals surface area (Å²) in [5.41, 5.74) is 1.59. The molecule has 0 spiro atoms. The minimum atomic E-state index is -1.19. The molecule has 3 aromatic carbocycles. The fraction of sp³-hybridized carbons (Fsp3) is 0.0870. The number of para-hydroxylation sites is 1. The number of hydrogen-bond donors (Lipinski definition) is 3. The third-order valence-corrected chi connectivity index (χ3v) is 4.34. The van der Waals surface area contributed by atoms with E-state index < -0.39 is 11.9 Å². The zero-order chi connectivity index (χ0) is 21.5. The van der Waals surface area contributed by atoms with Gasteiger partial charge < -0.3 is 20.5 Å². The number of rotatable bonds is 7. The predicted molar refractivity (Wildman–Crippen MR) is 112 cm³/mol. The van der Waals surface area contributed by atoms with Crippen LogP contribution >= 0.6 is 0 Å². The molecule has 0 heterocycles. The summed E-state index contributed by atoms with van der Waals surface area (Å²) in [6.45, 7) is 1.90. The highest BCUT2D eigenvalue weighted by atomic mass is 16.5. The smallest absolute Gasteiger partial charge is 0.336 e. The van der Waals surface area contributed by atoms with E-state index in [1.54, 1.807) is 30.3 Å². The molecule has 0 aromatic heterocycles. The fourth-order valence-electron chi connectivity index (χ4n) is 2.80. The third kappa shape index (κ3) is 5.02. The topological polar surface area (TPSA) is 105 Å². The number of aromatic carboxylic acids is 1. The highest BCUT2D eigenvalue weighted by Crippen LogP contribution is 2.17. The van der Waals surface area contributed by atoms with Crippen molar-refractivity contribution in [3.63, 3.8) is 0 Å². The van der Waals surface area contributed by atoms with Gasteiger partial charge in [0.1, 0.15) is 5.75 Å². The summed E-state index contributed by atoms with van der Waals surface area (Å²) >= 11 is 0. The van der Waals surface area contributed by atoms with Crippen molar-refractivity contribution in [3.8, 4) is 5.75 Å². The van der Waals surface area contributed by atoms with Crippen molar-refractivity contribution < 1.29 is 24.2 Å². The molecule has 7 heteroatoms. The van der Waals surface area contributed by atoms with Crippen LogP contribution in [-0.4, -0.2) is 29.6 Å². The molecule has 2 amide bonds. The molecule has 0 aliphatic carbocycles. The minimum absolute atomic E-state index is 0.00768. The summed E-state index contributed by atoms with van der Waals surface area (Å²) in [6.07, 6.45) is 0. The lowest BCUT2D eigenvalue weighted by molar-refractivity contribution is 0.0692. The van der Waals surface area contributed by atoms with Crippen LogP contribution in [0.2, 0.25) is 0 Å². The summed E-state index contributed by atoms with van der Waals surface area (Å²) in [4.78, 5) is 36.2. The first-order valence-electron chi connectivity index (χ1n) is 9.16. The van der Waals surface area contributed by atoms with Gasteiger partial charge in [-0.25, -0.2) is 4.79 Å². The molecule has 152 valence electrons. The minimum Gasteiger partial charge on any atom is -0.478 e. The van der Waals surface area contributed by atoms with Crippen molar-refractivity contribution in [1.29, 1.82) is 0 Å². The number of ether oxygens (including phenoxy) is 1. The highest BCUT2D eigenvalue weighted by molar-refractivity contribution is 6.11. The summed E-state index contributed by atoms with van der Waals surface area (Å²) in [5, 5.41) is 14.5. The van der Waals surface area contributed by atoms with Crippen molar-refractivity contribution in [1.82, 2.24) is 5.32 Å². The van der Waals surface area contributed by atoms with E-state index >= 15 is 0 Å². The lowest BCUT2D eigenvalue weighted by atomic mass is 10.1. The molecule has 3 aromatic rings. The van der Waals surface area contributed by atoms with E-state index in [1.807, 2.05) is 31.2 Å². The molecule has 30 heavy (non-hydrogen) atoms. The Balaban J connectivity index is 1.64. The quantitative estimate of drug-likeness (QED) is 0.521. The van der Waals surface area contributed by atoms with Crippen molar-refractivity contribution in [3.05, 3.63) is 95.1 Å². The first-order valence-corrected chi connectivity index (χ1v) is 9.16. The Hall–Kier alpha value is -4.13. The average molecular weight is 404 g/mol. The molecule has 0 atom stereocenters. The number of nitrogens with one attached hydrogen (secondary N) is 2. The van der Waals surface area contributed by atoms with Crippen LogP contribution in [0.3, 0.4) is 0 Å². The third-order valence-electron chi connectivity index (χ3n) is 4.34. The van der Waals surface area contributed by atoms with Crippen molar-refractivity contribution in [2.75, 3.05) is 12.0 Å². The van der Waals surface area contributed by atoms with Gasteiger partial charge in [0.25, 0.3) is 11.8 Å². The molecule has 0 aliphatic heterocycles. The number of carbonyl (C=O) groups is 3. The highest BCUT2D eigenvalue weighted by Gasteiger charge is 2.16. The SMILES string of the molecule is Cc1ccccc1OCNC(=O)c1cccc(NC(=O)c2ccccc2C(=O)O)c1. The molecule has 3 rings (SSSR count). The molecule has 0 fully saturated rings. The lowest BCUT2D eigenvalue weighted by Gasteiger charge is -2.11. The monoisotopic (exact) mass is 404 g/mol. The van der Waals surface area contributed by atoms with Crippen LogP contribution in [0.1, 0.15) is 36.6 Å². The van der Waals surface area contributed by atoms with Gasteiger partial charge in [-0.05, 0) is 48.9 Å². The molecule has 0 unspecified atom stereocenters. The number of aryl methyl sites for hydroxylation is 1. The number of amides is 2. The first-order chi connectivity index (χ1) is 14.5. The normalized spacial score (nSPS) is 10.2. The van der Waals surface area contributed by atoms with Gasteiger partial charge >= 0.3 is 5.97 Å². The van der Waals surface area contributed by atoms with Gasteiger partial charge in [0, 0.05) is 11.3 Å². The Morgan fingerprint density at radius 2 is 1.57 bits per heavy atom. The summed E-state index contributed by atoms with van der Waals surface area (Å²) in [7, 11) is 0. The van der Waals surface area contributed by atoms with E-state index in [2.05, 4.69) is 10.6 Å². The van der Waals surface area contributed by atoms with Gasteiger partial charge in [-0.15, -0.1) is 0 Å². The number of carboxylic acids is 1. The number of carbonyl (C=O) groups excluding carboxylic acids is 2. The average Bonchev–Trinajstić information content (AvgIpc) is 2.75. The van der Waals surface area contributed by atoms with Crippen LogP contribution in [0.25, 0.3) is 0 Å². The Labute approximate surface area is 173 Å². The van der Waals surface area contributed by atoms with Gasteiger partial charge in [-0.1, -0.05) is 36.4 Å². The maximum atomic E-state index is 12.5. The van der Waals surface area contributed by atoms with E-state index in [0.717, 1.165) is 5.56 Å². The molecule has 0 saturated heterocycles.